The minimum absolute atomic E-state index is 0.381. The average Bonchev–Trinajstić information content (AvgIpc) is 3.38. The molecule has 0 amide bonds. The number of ether oxygens (including phenoxy) is 1. The van der Waals surface area contributed by atoms with Crippen LogP contribution in [0.1, 0.15) is 41.3 Å². The van der Waals surface area contributed by atoms with E-state index < -0.39 is 0 Å². The summed E-state index contributed by atoms with van der Waals surface area (Å²) < 4.78 is 6.48. The number of nitrogens with one attached hydrogen (secondary N) is 1. The Balaban J connectivity index is 1.81. The van der Waals surface area contributed by atoms with Crippen molar-refractivity contribution in [3.05, 3.63) is 58.0 Å². The second kappa shape index (κ2) is 6.19. The highest BCUT2D eigenvalue weighted by Gasteiger charge is 2.28. The maximum atomic E-state index is 6.48. The fraction of sp³-hybridized carbons (Fsp3) is 0.300. The normalized spacial score (nSPS) is 13.9. The molecule has 0 aliphatic heterocycles. The zero-order valence-electron chi connectivity index (χ0n) is 14.6. The van der Waals surface area contributed by atoms with E-state index in [0.29, 0.717) is 11.1 Å². The number of benzene rings is 1. The molecule has 4 nitrogen and oxygen atoms in total. The fourth-order valence-corrected chi connectivity index (χ4v) is 3.38. The van der Waals surface area contributed by atoms with E-state index in [9.17, 15) is 0 Å². The summed E-state index contributed by atoms with van der Waals surface area (Å²) >= 11 is 5.88. The molecule has 1 aliphatic rings. The van der Waals surface area contributed by atoms with Crippen LogP contribution in [0, 0.1) is 20.8 Å². The predicted octanol–water partition coefficient (Wildman–Crippen LogP) is 5.72. The number of hydrogen-bond donors (Lipinski definition) is 1. The average molecular weight is 354 g/mol. The minimum atomic E-state index is 0.381. The zero-order valence-corrected chi connectivity index (χ0v) is 15.3. The molecule has 0 spiro atoms. The van der Waals surface area contributed by atoms with E-state index in [4.69, 9.17) is 16.3 Å². The molecule has 0 unspecified atom stereocenters. The Morgan fingerprint density at radius 2 is 1.80 bits per heavy atom. The van der Waals surface area contributed by atoms with Crippen molar-refractivity contribution in [2.24, 2.45) is 0 Å². The number of hydrogen-bond acceptors (Lipinski definition) is 3. The minimum Gasteiger partial charge on any atom is -0.454 e. The standard InChI is InChI=1S/C20H20ClN3O/c1-11-5-4-6-15(14-7-8-14)19(11)25-20-13(3)22-12(2)18(20)16-9-10-17(21)24-23-16/h4-6,9-10,14,22H,7-8H2,1-3H3. The van der Waals surface area contributed by atoms with Gasteiger partial charge in [-0.25, -0.2) is 0 Å². The van der Waals surface area contributed by atoms with Gasteiger partial charge in [-0.05, 0) is 62.8 Å². The topological polar surface area (TPSA) is 50.8 Å². The lowest BCUT2D eigenvalue weighted by Crippen LogP contribution is -1.96. The van der Waals surface area contributed by atoms with Crippen LogP contribution in [0.2, 0.25) is 5.15 Å². The molecule has 1 saturated carbocycles. The number of aromatic nitrogens is 3. The molecule has 25 heavy (non-hydrogen) atoms. The van der Waals surface area contributed by atoms with Gasteiger partial charge in [-0.2, -0.15) is 0 Å². The number of halogens is 1. The summed E-state index contributed by atoms with van der Waals surface area (Å²) in [7, 11) is 0. The lowest BCUT2D eigenvalue weighted by Gasteiger charge is -2.15. The first-order valence-electron chi connectivity index (χ1n) is 8.50. The van der Waals surface area contributed by atoms with Crippen molar-refractivity contribution in [3.8, 4) is 22.8 Å². The van der Waals surface area contributed by atoms with E-state index in [1.165, 1.54) is 18.4 Å². The van der Waals surface area contributed by atoms with Gasteiger partial charge in [-0.3, -0.25) is 0 Å². The van der Waals surface area contributed by atoms with Gasteiger partial charge in [-0.1, -0.05) is 29.8 Å². The SMILES string of the molecule is Cc1cccc(C2CC2)c1Oc1c(C)[nH]c(C)c1-c1ccc(Cl)nn1. The van der Waals surface area contributed by atoms with Crippen LogP contribution in [-0.2, 0) is 0 Å². The van der Waals surface area contributed by atoms with E-state index in [1.807, 2.05) is 19.9 Å². The number of aromatic amines is 1. The highest BCUT2D eigenvalue weighted by molar-refractivity contribution is 6.29. The third-order valence-corrected chi connectivity index (χ3v) is 4.87. The summed E-state index contributed by atoms with van der Waals surface area (Å²) in [4.78, 5) is 3.37. The highest BCUT2D eigenvalue weighted by Crippen LogP contribution is 2.48. The van der Waals surface area contributed by atoms with Gasteiger partial charge in [0.2, 0.25) is 0 Å². The maximum Gasteiger partial charge on any atom is 0.157 e. The number of H-pyrrole nitrogens is 1. The van der Waals surface area contributed by atoms with Crippen LogP contribution in [-0.4, -0.2) is 15.2 Å². The first kappa shape index (κ1) is 16.2. The summed E-state index contributed by atoms with van der Waals surface area (Å²) in [6.45, 7) is 6.13. The zero-order chi connectivity index (χ0) is 17.6. The van der Waals surface area contributed by atoms with Gasteiger partial charge in [0.15, 0.2) is 10.9 Å². The Morgan fingerprint density at radius 3 is 2.48 bits per heavy atom. The van der Waals surface area contributed by atoms with Gasteiger partial charge in [0.05, 0.1) is 17.0 Å². The Labute approximate surface area is 152 Å². The second-order valence-electron chi connectivity index (χ2n) is 6.69. The van der Waals surface area contributed by atoms with Crippen molar-refractivity contribution in [2.45, 2.75) is 39.5 Å². The fourth-order valence-electron chi connectivity index (χ4n) is 3.28. The molecule has 1 fully saturated rings. The summed E-state index contributed by atoms with van der Waals surface area (Å²) in [6.07, 6.45) is 2.47. The molecule has 1 N–H and O–H groups in total. The highest BCUT2D eigenvalue weighted by atomic mass is 35.5. The molecule has 3 aromatic rings. The summed E-state index contributed by atoms with van der Waals surface area (Å²) in [5.41, 5.74) is 6.12. The molecule has 0 radical (unpaired) electrons. The Morgan fingerprint density at radius 1 is 1.00 bits per heavy atom. The van der Waals surface area contributed by atoms with Gasteiger partial charge < -0.3 is 9.72 Å². The molecule has 0 saturated heterocycles. The van der Waals surface area contributed by atoms with Crippen molar-refractivity contribution in [3.63, 3.8) is 0 Å². The molecule has 1 aromatic carbocycles. The summed E-state index contributed by atoms with van der Waals surface area (Å²) in [5.74, 6) is 2.40. The lowest BCUT2D eigenvalue weighted by atomic mass is 10.1. The van der Waals surface area contributed by atoms with Crippen LogP contribution >= 0.6 is 11.6 Å². The van der Waals surface area contributed by atoms with E-state index in [1.54, 1.807) is 6.07 Å². The van der Waals surface area contributed by atoms with Gasteiger partial charge in [0.1, 0.15) is 5.75 Å². The number of aryl methyl sites for hydroxylation is 3. The van der Waals surface area contributed by atoms with Crippen molar-refractivity contribution >= 4 is 11.6 Å². The van der Waals surface area contributed by atoms with E-state index in [-0.39, 0.29) is 0 Å². The van der Waals surface area contributed by atoms with E-state index >= 15 is 0 Å². The monoisotopic (exact) mass is 353 g/mol. The number of rotatable bonds is 4. The van der Waals surface area contributed by atoms with Crippen LogP contribution in [0.3, 0.4) is 0 Å². The molecule has 0 atom stereocenters. The van der Waals surface area contributed by atoms with Crippen molar-refractivity contribution in [2.75, 3.05) is 0 Å². The molecule has 5 heteroatoms. The summed E-state index contributed by atoms with van der Waals surface area (Å²) in [5, 5.41) is 8.59. The van der Waals surface area contributed by atoms with Crippen LogP contribution < -0.4 is 4.74 Å². The first-order valence-corrected chi connectivity index (χ1v) is 8.88. The molecule has 0 bridgehead atoms. The first-order chi connectivity index (χ1) is 12.0. The van der Waals surface area contributed by atoms with Crippen LogP contribution in [0.15, 0.2) is 30.3 Å². The van der Waals surface area contributed by atoms with Crippen molar-refractivity contribution in [1.29, 1.82) is 0 Å². The van der Waals surface area contributed by atoms with Crippen LogP contribution in [0.4, 0.5) is 0 Å². The van der Waals surface area contributed by atoms with Gasteiger partial charge in [0.25, 0.3) is 0 Å². The molecule has 1 aliphatic carbocycles. The third kappa shape index (κ3) is 3.02. The molecular weight excluding hydrogens is 334 g/mol. The van der Waals surface area contributed by atoms with Crippen LogP contribution in [0.5, 0.6) is 11.5 Å². The molecule has 128 valence electrons. The predicted molar refractivity (Wildman–Crippen MR) is 99.5 cm³/mol. The number of para-hydroxylation sites is 1. The summed E-state index contributed by atoms with van der Waals surface area (Å²) in [6, 6.07) is 10.0. The maximum absolute atomic E-state index is 6.48. The van der Waals surface area contributed by atoms with E-state index in [0.717, 1.165) is 39.7 Å². The number of nitrogens with zero attached hydrogens (tertiary/aromatic N) is 2. The second-order valence-corrected chi connectivity index (χ2v) is 7.08. The van der Waals surface area contributed by atoms with Crippen LogP contribution in [0.25, 0.3) is 11.3 Å². The largest absolute Gasteiger partial charge is 0.454 e. The quantitative estimate of drug-likeness (QED) is 0.652. The lowest BCUT2D eigenvalue weighted by molar-refractivity contribution is 0.471. The molecule has 2 heterocycles. The molecular formula is C20H20ClN3O. The van der Waals surface area contributed by atoms with Gasteiger partial charge in [0, 0.05) is 5.69 Å². The van der Waals surface area contributed by atoms with Gasteiger partial charge in [-0.15, -0.1) is 10.2 Å². The van der Waals surface area contributed by atoms with E-state index in [2.05, 4.69) is 40.3 Å². The Bertz CT molecular complexity index is 927. The Hall–Kier alpha value is -2.33. The van der Waals surface area contributed by atoms with Crippen molar-refractivity contribution in [1.82, 2.24) is 15.2 Å². The molecule has 4 rings (SSSR count). The molecule has 2 aromatic heterocycles. The Kier molecular flexibility index (Phi) is 4.00. The van der Waals surface area contributed by atoms with Gasteiger partial charge >= 0.3 is 0 Å². The smallest absolute Gasteiger partial charge is 0.157 e. The van der Waals surface area contributed by atoms with Crippen molar-refractivity contribution < 1.29 is 4.74 Å². The third-order valence-electron chi connectivity index (χ3n) is 4.67.